The lowest BCUT2D eigenvalue weighted by Crippen LogP contribution is -2.50. The van der Waals surface area contributed by atoms with Crippen LogP contribution in [0.4, 0.5) is 0 Å². The fourth-order valence-electron chi connectivity index (χ4n) is 4.95. The number of likely N-dealkylation sites (tertiary alicyclic amines) is 1. The molecule has 1 saturated carbocycles. The molecule has 31 heavy (non-hydrogen) atoms. The molecule has 1 saturated heterocycles. The molecule has 2 aromatic carbocycles. The highest BCUT2D eigenvalue weighted by Crippen LogP contribution is 2.41. The number of fused-ring (bicyclic) bond motifs is 1. The van der Waals surface area contributed by atoms with E-state index in [0.29, 0.717) is 27.9 Å². The molecule has 7 heteroatoms. The van der Waals surface area contributed by atoms with Crippen LogP contribution in [-0.2, 0) is 4.79 Å². The number of halogens is 2. The lowest BCUT2D eigenvalue weighted by Gasteiger charge is -2.34. The third-order valence-electron chi connectivity index (χ3n) is 6.47. The molecular weight excluding hydrogens is 435 g/mol. The zero-order valence-corrected chi connectivity index (χ0v) is 18.6. The highest BCUT2D eigenvalue weighted by atomic mass is 35.5. The van der Waals surface area contributed by atoms with E-state index in [-0.39, 0.29) is 24.5 Å². The van der Waals surface area contributed by atoms with Crippen LogP contribution in [0.1, 0.15) is 54.1 Å². The number of hydrogen-bond donors (Lipinski definition) is 2. The molecule has 2 aromatic rings. The van der Waals surface area contributed by atoms with E-state index < -0.39 is 12.1 Å². The predicted molar refractivity (Wildman–Crippen MR) is 121 cm³/mol. The maximum atomic E-state index is 13.5. The summed E-state index contributed by atoms with van der Waals surface area (Å²) in [4.78, 5) is 28.6. The van der Waals surface area contributed by atoms with E-state index >= 15 is 0 Å². The highest BCUT2D eigenvalue weighted by Gasteiger charge is 2.47. The van der Waals surface area contributed by atoms with Gasteiger partial charge >= 0.3 is 0 Å². The first kappa shape index (κ1) is 22.1. The summed E-state index contributed by atoms with van der Waals surface area (Å²) in [5, 5.41) is 13.9. The maximum Gasteiger partial charge on any atom is 0.254 e. The number of carbonyl (C=O) groups is 2. The topological polar surface area (TPSA) is 69.6 Å². The largest absolute Gasteiger partial charge is 0.394 e. The van der Waals surface area contributed by atoms with Gasteiger partial charge in [-0.3, -0.25) is 9.59 Å². The maximum absolute atomic E-state index is 13.5. The summed E-state index contributed by atoms with van der Waals surface area (Å²) < 4.78 is 0. The molecule has 1 aliphatic carbocycles. The first-order valence-electron chi connectivity index (χ1n) is 10.7. The smallest absolute Gasteiger partial charge is 0.254 e. The summed E-state index contributed by atoms with van der Waals surface area (Å²) in [5.41, 5.74) is 1.26. The second-order valence-corrected chi connectivity index (χ2v) is 9.25. The van der Waals surface area contributed by atoms with Gasteiger partial charge in [-0.2, -0.15) is 0 Å². The molecule has 2 N–H and O–H groups in total. The minimum Gasteiger partial charge on any atom is -0.394 e. The van der Waals surface area contributed by atoms with Gasteiger partial charge in [-0.1, -0.05) is 54.2 Å². The lowest BCUT2D eigenvalue weighted by molar-refractivity contribution is -0.126. The molecule has 2 amide bonds. The van der Waals surface area contributed by atoms with Crippen molar-refractivity contribution in [1.29, 1.82) is 0 Å². The van der Waals surface area contributed by atoms with Crippen LogP contribution in [0.2, 0.25) is 10.0 Å². The van der Waals surface area contributed by atoms with Gasteiger partial charge in [-0.15, -0.1) is 0 Å². The van der Waals surface area contributed by atoms with Gasteiger partial charge in [0, 0.05) is 21.7 Å². The monoisotopic (exact) mass is 460 g/mol. The Morgan fingerprint density at radius 1 is 1.06 bits per heavy atom. The fourth-order valence-corrected chi connectivity index (χ4v) is 5.27. The van der Waals surface area contributed by atoms with Gasteiger partial charge in [-0.05, 0) is 61.1 Å². The van der Waals surface area contributed by atoms with Gasteiger partial charge < -0.3 is 15.3 Å². The van der Waals surface area contributed by atoms with Crippen LogP contribution in [0.3, 0.4) is 0 Å². The Kier molecular flexibility index (Phi) is 6.85. The Bertz CT molecular complexity index is 950. The van der Waals surface area contributed by atoms with E-state index in [1.54, 1.807) is 53.4 Å². The van der Waals surface area contributed by atoms with Gasteiger partial charge in [0.25, 0.3) is 5.91 Å². The first-order chi connectivity index (χ1) is 15.0. The van der Waals surface area contributed by atoms with Crippen molar-refractivity contribution in [3.05, 3.63) is 69.7 Å². The fraction of sp³-hybridized carbons (Fsp3) is 0.417. The van der Waals surface area contributed by atoms with Crippen molar-refractivity contribution >= 4 is 35.0 Å². The molecule has 1 heterocycles. The van der Waals surface area contributed by atoms with Crippen LogP contribution in [0, 0.1) is 5.92 Å². The van der Waals surface area contributed by atoms with E-state index in [4.69, 9.17) is 23.2 Å². The Balaban J connectivity index is 1.58. The van der Waals surface area contributed by atoms with Crippen LogP contribution < -0.4 is 5.32 Å². The Morgan fingerprint density at radius 3 is 2.52 bits per heavy atom. The molecule has 4 atom stereocenters. The van der Waals surface area contributed by atoms with Crippen LogP contribution in [-0.4, -0.2) is 40.5 Å². The van der Waals surface area contributed by atoms with Crippen molar-refractivity contribution in [3.8, 4) is 0 Å². The normalized spacial score (nSPS) is 23.8. The average Bonchev–Trinajstić information content (AvgIpc) is 3.17. The van der Waals surface area contributed by atoms with Crippen LogP contribution >= 0.6 is 23.2 Å². The van der Waals surface area contributed by atoms with E-state index in [0.717, 1.165) is 31.2 Å². The number of nitrogens with one attached hydrogen (secondary N) is 1. The number of amides is 2. The van der Waals surface area contributed by atoms with Gasteiger partial charge in [0.1, 0.15) is 6.04 Å². The minimum atomic E-state index is -0.569. The molecule has 4 rings (SSSR count). The van der Waals surface area contributed by atoms with Gasteiger partial charge in [0.15, 0.2) is 0 Å². The predicted octanol–water partition coefficient (Wildman–Crippen LogP) is 4.62. The SMILES string of the molecule is O=C(N[C@H](CO)c1ccc(Cl)cc1)[C@@H]1C[C@@H]2CCCC[C@@H]2N1C(=O)c1cccc(Cl)c1. The van der Waals surface area contributed by atoms with Crippen molar-refractivity contribution in [2.45, 2.75) is 50.2 Å². The van der Waals surface area contributed by atoms with Gasteiger partial charge in [0.2, 0.25) is 5.91 Å². The van der Waals surface area contributed by atoms with Crippen LogP contribution in [0.15, 0.2) is 48.5 Å². The van der Waals surface area contributed by atoms with Crippen molar-refractivity contribution in [2.24, 2.45) is 5.92 Å². The Morgan fingerprint density at radius 2 is 1.81 bits per heavy atom. The quantitative estimate of drug-likeness (QED) is 0.683. The number of aliphatic hydroxyl groups is 1. The minimum absolute atomic E-state index is 0.0547. The van der Waals surface area contributed by atoms with Crippen molar-refractivity contribution in [1.82, 2.24) is 10.2 Å². The lowest BCUT2D eigenvalue weighted by atomic mass is 9.84. The first-order valence-corrected chi connectivity index (χ1v) is 11.5. The number of carbonyl (C=O) groups excluding carboxylic acids is 2. The number of hydrogen-bond acceptors (Lipinski definition) is 3. The summed E-state index contributed by atoms with van der Waals surface area (Å²) in [5.74, 6) is -0.0846. The van der Waals surface area contributed by atoms with Crippen molar-refractivity contribution < 1.29 is 14.7 Å². The van der Waals surface area contributed by atoms with Crippen molar-refractivity contribution in [3.63, 3.8) is 0 Å². The standard InChI is InChI=1S/C24H26Cl2N2O3/c25-18-10-8-15(9-11-18)20(14-29)27-23(30)22-13-16-4-1-2-7-21(16)28(22)24(31)17-5-3-6-19(26)12-17/h3,5-6,8-12,16,20-22,29H,1-2,4,7,13-14H2,(H,27,30)/t16-,20+,21-,22-/m0/s1. The van der Waals surface area contributed by atoms with Gasteiger partial charge in [0.05, 0.1) is 12.6 Å². The summed E-state index contributed by atoms with van der Waals surface area (Å²) in [6, 6.07) is 12.8. The summed E-state index contributed by atoms with van der Waals surface area (Å²) >= 11 is 12.1. The van der Waals surface area contributed by atoms with Crippen LogP contribution in [0.5, 0.6) is 0 Å². The summed E-state index contributed by atoms with van der Waals surface area (Å²) in [7, 11) is 0. The molecule has 1 aliphatic heterocycles. The highest BCUT2D eigenvalue weighted by molar-refractivity contribution is 6.31. The Hall–Kier alpha value is -2.08. The molecule has 0 unspecified atom stereocenters. The molecule has 2 aliphatic rings. The molecule has 0 radical (unpaired) electrons. The number of benzene rings is 2. The van der Waals surface area contributed by atoms with E-state index in [2.05, 4.69) is 5.32 Å². The molecule has 2 fully saturated rings. The zero-order chi connectivity index (χ0) is 22.0. The number of aliphatic hydroxyl groups excluding tert-OH is 1. The third-order valence-corrected chi connectivity index (χ3v) is 6.96. The van der Waals surface area contributed by atoms with E-state index in [9.17, 15) is 14.7 Å². The summed E-state index contributed by atoms with van der Waals surface area (Å²) in [6.45, 7) is -0.241. The molecule has 0 spiro atoms. The van der Waals surface area contributed by atoms with E-state index in [1.807, 2.05) is 0 Å². The van der Waals surface area contributed by atoms with E-state index in [1.165, 1.54) is 0 Å². The molecule has 0 bridgehead atoms. The molecule has 0 aromatic heterocycles. The number of rotatable bonds is 5. The van der Waals surface area contributed by atoms with Crippen molar-refractivity contribution in [2.75, 3.05) is 6.61 Å². The third kappa shape index (κ3) is 4.74. The molecular formula is C24H26Cl2N2O3. The second kappa shape index (κ2) is 9.60. The molecule has 5 nitrogen and oxygen atoms in total. The molecule has 164 valence electrons. The zero-order valence-electron chi connectivity index (χ0n) is 17.1. The van der Waals surface area contributed by atoms with Gasteiger partial charge in [-0.25, -0.2) is 0 Å². The Labute approximate surface area is 192 Å². The second-order valence-electron chi connectivity index (χ2n) is 8.38. The average molecular weight is 461 g/mol. The summed E-state index contributed by atoms with van der Waals surface area (Å²) in [6.07, 6.45) is 4.74. The van der Waals surface area contributed by atoms with Crippen LogP contribution in [0.25, 0.3) is 0 Å². The number of nitrogens with zero attached hydrogens (tertiary/aromatic N) is 1.